The minimum absolute atomic E-state index is 0.0560. The monoisotopic (exact) mass is 492 g/mol. The first-order valence-corrected chi connectivity index (χ1v) is 11.5. The second-order valence-corrected chi connectivity index (χ2v) is 9.21. The van der Waals surface area contributed by atoms with Crippen molar-refractivity contribution in [3.05, 3.63) is 35.9 Å². The topological polar surface area (TPSA) is 188 Å². The highest BCUT2D eigenvalue weighted by molar-refractivity contribution is 5.95. The third-order valence-electron chi connectivity index (χ3n) is 5.27. The minimum atomic E-state index is -1.55. The lowest BCUT2D eigenvalue weighted by Crippen LogP contribution is -2.58. The number of carboxylic acids is 2. The van der Waals surface area contributed by atoms with Crippen molar-refractivity contribution >= 4 is 29.7 Å². The quantitative estimate of drug-likeness (QED) is 0.213. The van der Waals surface area contributed by atoms with Crippen molar-refractivity contribution in [3.8, 4) is 0 Å². The number of carbonyl (C=O) groups is 5. The summed E-state index contributed by atoms with van der Waals surface area (Å²) in [6.45, 7) is 7.05. The summed E-state index contributed by atoms with van der Waals surface area (Å²) in [5, 5.41) is 25.9. The van der Waals surface area contributed by atoms with E-state index in [0.717, 1.165) is 0 Å². The Morgan fingerprint density at radius 2 is 1.31 bits per heavy atom. The molecule has 4 atom stereocenters. The van der Waals surface area contributed by atoms with E-state index >= 15 is 0 Å². The second-order valence-electron chi connectivity index (χ2n) is 9.21. The number of nitrogens with one attached hydrogen (secondary N) is 3. The van der Waals surface area contributed by atoms with Crippen LogP contribution in [0.5, 0.6) is 0 Å². The van der Waals surface area contributed by atoms with E-state index in [9.17, 15) is 34.2 Å². The number of aliphatic carboxylic acids is 2. The van der Waals surface area contributed by atoms with Gasteiger partial charge in [-0.15, -0.1) is 0 Å². The molecule has 1 rings (SSSR count). The van der Waals surface area contributed by atoms with Crippen LogP contribution >= 0.6 is 0 Å². The van der Waals surface area contributed by atoms with Gasteiger partial charge in [0.25, 0.3) is 0 Å². The summed E-state index contributed by atoms with van der Waals surface area (Å²) in [6, 6.07) is 3.97. The average Bonchev–Trinajstić information content (AvgIpc) is 2.76. The van der Waals surface area contributed by atoms with Gasteiger partial charge >= 0.3 is 11.9 Å². The Morgan fingerprint density at radius 1 is 0.800 bits per heavy atom. The van der Waals surface area contributed by atoms with Gasteiger partial charge in [0.1, 0.15) is 18.1 Å². The molecular weight excluding hydrogens is 456 g/mol. The van der Waals surface area contributed by atoms with E-state index in [4.69, 9.17) is 5.73 Å². The number of carbonyl (C=O) groups excluding carboxylic acids is 3. The molecule has 0 fully saturated rings. The fourth-order valence-corrected chi connectivity index (χ4v) is 3.25. The summed E-state index contributed by atoms with van der Waals surface area (Å²) in [7, 11) is 0. The van der Waals surface area contributed by atoms with Gasteiger partial charge in [-0.3, -0.25) is 19.2 Å². The van der Waals surface area contributed by atoms with Crippen LogP contribution in [0, 0.1) is 11.8 Å². The highest BCUT2D eigenvalue weighted by atomic mass is 16.4. The van der Waals surface area contributed by atoms with Crippen molar-refractivity contribution in [1.82, 2.24) is 16.0 Å². The van der Waals surface area contributed by atoms with Crippen LogP contribution in [-0.2, 0) is 30.4 Å². The molecule has 0 aliphatic rings. The Balaban J connectivity index is 3.11. The third kappa shape index (κ3) is 10.6. The second kappa shape index (κ2) is 14.1. The van der Waals surface area contributed by atoms with Gasteiger partial charge in [0, 0.05) is 6.42 Å². The van der Waals surface area contributed by atoms with Gasteiger partial charge < -0.3 is 31.9 Å². The Labute approximate surface area is 204 Å². The largest absolute Gasteiger partial charge is 0.481 e. The summed E-state index contributed by atoms with van der Waals surface area (Å²) in [4.78, 5) is 61.3. The molecule has 0 saturated carbocycles. The van der Waals surface area contributed by atoms with Crippen molar-refractivity contribution in [2.24, 2.45) is 17.6 Å². The molecule has 4 unspecified atom stereocenters. The van der Waals surface area contributed by atoms with Crippen LogP contribution in [0.2, 0.25) is 0 Å². The van der Waals surface area contributed by atoms with Crippen LogP contribution in [0.25, 0.3) is 0 Å². The van der Waals surface area contributed by atoms with E-state index in [1.54, 1.807) is 58.0 Å². The summed E-state index contributed by atoms with van der Waals surface area (Å²) in [5.74, 6) is -5.21. The van der Waals surface area contributed by atoms with Crippen molar-refractivity contribution in [1.29, 1.82) is 0 Å². The zero-order valence-corrected chi connectivity index (χ0v) is 20.5. The molecule has 0 bridgehead atoms. The third-order valence-corrected chi connectivity index (χ3v) is 5.27. The Kier molecular flexibility index (Phi) is 11.9. The Hall–Kier alpha value is -3.47. The highest BCUT2D eigenvalue weighted by Gasteiger charge is 2.32. The molecule has 0 aliphatic heterocycles. The number of nitrogens with two attached hydrogens (primary N) is 1. The average molecular weight is 493 g/mol. The lowest BCUT2D eigenvalue weighted by molar-refractivity contribution is -0.144. The lowest BCUT2D eigenvalue weighted by Gasteiger charge is -2.25. The molecule has 194 valence electrons. The summed E-state index contributed by atoms with van der Waals surface area (Å²) in [6.07, 6.45) is -0.590. The maximum atomic E-state index is 13.1. The van der Waals surface area contributed by atoms with Crippen molar-refractivity contribution in [2.45, 2.75) is 71.1 Å². The molecule has 0 heterocycles. The van der Waals surface area contributed by atoms with Gasteiger partial charge in [-0.2, -0.15) is 0 Å². The highest BCUT2D eigenvalue weighted by Crippen LogP contribution is 2.08. The van der Waals surface area contributed by atoms with Gasteiger partial charge in [0.2, 0.25) is 17.7 Å². The molecule has 11 nitrogen and oxygen atoms in total. The van der Waals surface area contributed by atoms with E-state index in [1.807, 2.05) is 0 Å². The van der Waals surface area contributed by atoms with E-state index in [2.05, 4.69) is 16.0 Å². The van der Waals surface area contributed by atoms with Crippen molar-refractivity contribution in [3.63, 3.8) is 0 Å². The van der Waals surface area contributed by atoms with Gasteiger partial charge in [0.05, 0.1) is 12.5 Å². The fourth-order valence-electron chi connectivity index (χ4n) is 3.25. The molecule has 35 heavy (non-hydrogen) atoms. The van der Waals surface area contributed by atoms with E-state index < -0.39 is 60.2 Å². The molecule has 0 aromatic heterocycles. The minimum Gasteiger partial charge on any atom is -0.481 e. The van der Waals surface area contributed by atoms with Crippen LogP contribution in [0.3, 0.4) is 0 Å². The van der Waals surface area contributed by atoms with Crippen LogP contribution in [0.15, 0.2) is 30.3 Å². The molecule has 1 aromatic carbocycles. The maximum Gasteiger partial charge on any atom is 0.326 e. The van der Waals surface area contributed by atoms with Crippen molar-refractivity contribution < 1.29 is 34.2 Å². The molecule has 0 spiro atoms. The number of hydrogen-bond donors (Lipinski definition) is 6. The number of hydrogen-bond acceptors (Lipinski definition) is 6. The maximum absolute atomic E-state index is 13.1. The van der Waals surface area contributed by atoms with E-state index in [0.29, 0.717) is 5.56 Å². The Bertz CT molecular complexity index is 889. The summed E-state index contributed by atoms with van der Waals surface area (Å²) in [5.41, 5.74) is 6.61. The van der Waals surface area contributed by atoms with E-state index in [-0.39, 0.29) is 24.7 Å². The molecular formula is C24H36N4O7. The summed E-state index contributed by atoms with van der Waals surface area (Å²) < 4.78 is 0. The molecule has 0 radical (unpaired) electrons. The van der Waals surface area contributed by atoms with Gasteiger partial charge in [0.15, 0.2) is 0 Å². The first kappa shape index (κ1) is 29.6. The SMILES string of the molecule is CC(C)CC(NC(=O)C(CC(=O)O)NC(=O)C(Cc1ccccc1)NC(=O)C(N)C(C)C)C(=O)O. The van der Waals surface area contributed by atoms with Crippen molar-refractivity contribution in [2.75, 3.05) is 0 Å². The number of benzene rings is 1. The first-order chi connectivity index (χ1) is 16.3. The number of rotatable bonds is 14. The molecule has 0 saturated heterocycles. The number of amides is 3. The molecule has 0 aliphatic carbocycles. The molecule has 11 heteroatoms. The molecule has 1 aromatic rings. The smallest absolute Gasteiger partial charge is 0.326 e. The fraction of sp³-hybridized carbons (Fsp3) is 0.542. The summed E-state index contributed by atoms with van der Waals surface area (Å²) >= 11 is 0. The van der Waals surface area contributed by atoms with Crippen LogP contribution < -0.4 is 21.7 Å². The lowest BCUT2D eigenvalue weighted by atomic mass is 10.0. The van der Waals surface area contributed by atoms with Crippen LogP contribution in [-0.4, -0.2) is 64.0 Å². The predicted octanol–water partition coefficient (Wildman–Crippen LogP) is 0.272. The predicted molar refractivity (Wildman–Crippen MR) is 128 cm³/mol. The van der Waals surface area contributed by atoms with Crippen LogP contribution in [0.4, 0.5) is 0 Å². The van der Waals surface area contributed by atoms with Gasteiger partial charge in [-0.25, -0.2) is 4.79 Å². The molecule has 7 N–H and O–H groups in total. The van der Waals surface area contributed by atoms with E-state index in [1.165, 1.54) is 0 Å². The van der Waals surface area contributed by atoms with Gasteiger partial charge in [-0.1, -0.05) is 58.0 Å². The normalized spacial score (nSPS) is 14.5. The Morgan fingerprint density at radius 3 is 1.80 bits per heavy atom. The van der Waals surface area contributed by atoms with Crippen LogP contribution in [0.1, 0.15) is 46.1 Å². The first-order valence-electron chi connectivity index (χ1n) is 11.5. The van der Waals surface area contributed by atoms with Gasteiger partial charge in [-0.05, 0) is 23.8 Å². The standard InChI is InChI=1S/C24H36N4O7/c1-13(2)10-18(24(34)35)28-22(32)17(12-19(29)30)26-21(31)16(11-15-8-6-5-7-9-15)27-23(33)20(25)14(3)4/h5-9,13-14,16-18,20H,10-12,25H2,1-4H3,(H,26,31)(H,27,33)(H,28,32)(H,29,30)(H,34,35). The zero-order chi connectivity index (χ0) is 26.7. The zero-order valence-electron chi connectivity index (χ0n) is 20.5. The number of carboxylic acid groups (broad SMARTS) is 2. The molecule has 3 amide bonds.